The average molecular weight is 809 g/mol. The Balaban J connectivity index is 0.000000246. The van der Waals surface area contributed by atoms with E-state index in [2.05, 4.69) is 19.9 Å². The Bertz CT molecular complexity index is 1910. The van der Waals surface area contributed by atoms with Crippen molar-refractivity contribution in [3.05, 3.63) is 70.4 Å². The molecule has 2 N–H and O–H groups in total. The number of hydrogen-bond donors (Lipinski definition) is 2. The molecule has 16 heteroatoms. The predicted octanol–water partition coefficient (Wildman–Crippen LogP) is 6.28. The number of thiocarbonyl (C=S) groups is 2. The third kappa shape index (κ3) is 8.42. The molecular formula is C39H49ClN8O5S2. The van der Waals surface area contributed by atoms with Gasteiger partial charge in [-0.15, -0.1) is 12.4 Å². The number of amides is 3. The summed E-state index contributed by atoms with van der Waals surface area (Å²) in [6.45, 7) is 28.4. The fourth-order valence-electron chi connectivity index (χ4n) is 7.71. The Morgan fingerprint density at radius 1 is 0.818 bits per heavy atom. The summed E-state index contributed by atoms with van der Waals surface area (Å²) < 4.78 is 4.99. The molecule has 4 fully saturated rings. The minimum absolute atomic E-state index is 0. The van der Waals surface area contributed by atoms with Crippen LogP contribution in [0, 0.1) is 27.0 Å². The standard InChI is InChI=1S/C21H26N4O4S.C18H22N4OS.ClH/c1-14-13-16(5-6-17(14)22-4)24-18(27)21(2,3)25(19(24)30)15-7-9-23(10-8-15)20(28)29-12-11-26;1-12-11-14(5-6-15(12)19-4)21-16(23)18(2,3)22(17(21)24)13-7-9-20-10-8-13;/h5-6,13,15,26H,7-12H2,1-3H3;5-6,11,13,20H,7-10H2,1-3H3;1H. The molecule has 4 aliphatic heterocycles. The largest absolute Gasteiger partial charge is 0.447 e. The molecule has 294 valence electrons. The first-order valence-corrected chi connectivity index (χ1v) is 19.0. The van der Waals surface area contributed by atoms with Crippen molar-refractivity contribution < 1.29 is 24.2 Å². The van der Waals surface area contributed by atoms with Crippen LogP contribution in [0.2, 0.25) is 0 Å². The molecule has 0 saturated carbocycles. The van der Waals surface area contributed by atoms with Gasteiger partial charge in [0.2, 0.25) is 0 Å². The lowest BCUT2D eigenvalue weighted by atomic mass is 9.96. The van der Waals surface area contributed by atoms with E-state index in [1.54, 1.807) is 32.9 Å². The van der Waals surface area contributed by atoms with Crippen molar-refractivity contribution in [1.82, 2.24) is 20.0 Å². The molecule has 0 bridgehead atoms. The van der Waals surface area contributed by atoms with Crippen LogP contribution < -0.4 is 15.1 Å². The molecule has 6 rings (SSSR count). The first-order valence-electron chi connectivity index (χ1n) is 18.1. The lowest BCUT2D eigenvalue weighted by molar-refractivity contribution is -0.124. The number of ether oxygens (including phenoxy) is 1. The van der Waals surface area contributed by atoms with Gasteiger partial charge in [0.25, 0.3) is 11.8 Å². The second kappa shape index (κ2) is 17.6. The van der Waals surface area contributed by atoms with Crippen LogP contribution in [0.4, 0.5) is 27.5 Å². The van der Waals surface area contributed by atoms with Gasteiger partial charge < -0.3 is 29.9 Å². The summed E-state index contributed by atoms with van der Waals surface area (Å²) in [7, 11) is 0. The SMILES string of the molecule is Cl.[C-]#[N+]c1ccc(N2C(=O)C(C)(C)N(C3CCN(C(=O)OCCO)CC3)C2=S)cc1C.[C-]#[N+]c1ccc(N2C(=O)C(C)(C)N(C3CCNCC3)C2=S)cc1C. The summed E-state index contributed by atoms with van der Waals surface area (Å²) in [6.07, 6.45) is 2.86. The number of nitrogens with zero attached hydrogens (tertiary/aromatic N) is 7. The zero-order chi connectivity index (χ0) is 39.5. The highest BCUT2D eigenvalue weighted by molar-refractivity contribution is 7.80. The molecule has 4 heterocycles. The molecule has 13 nitrogen and oxygen atoms in total. The third-order valence-corrected chi connectivity index (χ3v) is 11.4. The number of benzene rings is 2. The summed E-state index contributed by atoms with van der Waals surface area (Å²) in [5.41, 5.74) is 2.76. The summed E-state index contributed by atoms with van der Waals surface area (Å²) in [6, 6.07) is 11.0. The minimum Gasteiger partial charge on any atom is -0.447 e. The molecule has 0 radical (unpaired) electrons. The number of hydrogen-bond acceptors (Lipinski definition) is 8. The van der Waals surface area contributed by atoms with E-state index in [0.29, 0.717) is 53.2 Å². The number of carbonyl (C=O) groups is 3. The van der Waals surface area contributed by atoms with E-state index in [9.17, 15) is 14.4 Å². The van der Waals surface area contributed by atoms with Gasteiger partial charge in [0, 0.05) is 36.5 Å². The summed E-state index contributed by atoms with van der Waals surface area (Å²) >= 11 is 11.4. The Hall–Kier alpha value is -4.38. The summed E-state index contributed by atoms with van der Waals surface area (Å²) in [5.74, 6) is -0.103. The number of piperidine rings is 2. The molecule has 55 heavy (non-hydrogen) atoms. The molecule has 0 atom stereocenters. The van der Waals surface area contributed by atoms with Crippen molar-refractivity contribution in [2.75, 3.05) is 49.2 Å². The molecule has 3 amide bonds. The molecule has 0 unspecified atom stereocenters. The van der Waals surface area contributed by atoms with E-state index in [4.69, 9.17) is 47.4 Å². The molecule has 0 aliphatic carbocycles. The highest BCUT2D eigenvalue weighted by Gasteiger charge is 2.53. The number of aryl methyl sites for hydroxylation is 2. The number of carbonyl (C=O) groups excluding carboxylic acids is 3. The van der Waals surface area contributed by atoms with Crippen molar-refractivity contribution in [3.8, 4) is 0 Å². The lowest BCUT2D eigenvalue weighted by Gasteiger charge is -2.41. The van der Waals surface area contributed by atoms with Crippen LogP contribution in [-0.2, 0) is 14.3 Å². The van der Waals surface area contributed by atoms with E-state index in [-0.39, 0.29) is 49.5 Å². The fourth-order valence-corrected chi connectivity index (χ4v) is 8.84. The molecule has 2 aromatic carbocycles. The third-order valence-electron chi connectivity index (χ3n) is 10.6. The zero-order valence-electron chi connectivity index (χ0n) is 32.1. The second-order valence-corrected chi connectivity index (χ2v) is 15.6. The van der Waals surface area contributed by atoms with Crippen molar-refractivity contribution in [2.45, 2.75) is 90.4 Å². The van der Waals surface area contributed by atoms with Gasteiger partial charge >= 0.3 is 6.09 Å². The van der Waals surface area contributed by atoms with Gasteiger partial charge in [-0.3, -0.25) is 19.4 Å². The van der Waals surface area contributed by atoms with E-state index >= 15 is 0 Å². The molecule has 4 aliphatic rings. The summed E-state index contributed by atoms with van der Waals surface area (Å²) in [4.78, 5) is 54.2. The van der Waals surface area contributed by atoms with E-state index < -0.39 is 17.2 Å². The Morgan fingerprint density at radius 3 is 1.62 bits per heavy atom. The van der Waals surface area contributed by atoms with Gasteiger partial charge in [0.15, 0.2) is 21.6 Å². The van der Waals surface area contributed by atoms with Gasteiger partial charge in [-0.05, 0) is 140 Å². The fraction of sp³-hybridized carbons (Fsp3) is 0.513. The van der Waals surface area contributed by atoms with Crippen LogP contribution >= 0.6 is 36.8 Å². The quantitative estimate of drug-likeness (QED) is 0.255. The number of anilines is 2. The van der Waals surface area contributed by atoms with E-state index in [0.717, 1.165) is 42.7 Å². The topological polar surface area (TPSA) is 118 Å². The number of halogens is 1. The average Bonchev–Trinajstić information content (AvgIpc) is 3.44. The molecule has 0 aromatic heterocycles. The maximum absolute atomic E-state index is 13.3. The Labute approximate surface area is 340 Å². The first kappa shape index (κ1) is 43.3. The van der Waals surface area contributed by atoms with Gasteiger partial charge in [0.1, 0.15) is 17.7 Å². The van der Waals surface area contributed by atoms with Crippen LogP contribution in [0.5, 0.6) is 0 Å². The number of likely N-dealkylation sites (tertiary alicyclic amines) is 1. The Morgan fingerprint density at radius 2 is 1.24 bits per heavy atom. The van der Waals surface area contributed by atoms with Crippen molar-refractivity contribution >= 4 is 87.7 Å². The summed E-state index contributed by atoms with van der Waals surface area (Å²) in [5, 5.41) is 13.2. The minimum atomic E-state index is -0.812. The van der Waals surface area contributed by atoms with Crippen molar-refractivity contribution in [3.63, 3.8) is 0 Å². The number of aliphatic hydroxyl groups excluding tert-OH is 1. The van der Waals surface area contributed by atoms with Crippen LogP contribution in [0.1, 0.15) is 64.5 Å². The smallest absolute Gasteiger partial charge is 0.409 e. The first-order chi connectivity index (χ1) is 25.6. The molecule has 2 aromatic rings. The van der Waals surface area contributed by atoms with Crippen molar-refractivity contribution in [2.24, 2.45) is 0 Å². The highest BCUT2D eigenvalue weighted by atomic mass is 35.5. The monoisotopic (exact) mass is 808 g/mol. The highest BCUT2D eigenvalue weighted by Crippen LogP contribution is 2.39. The maximum Gasteiger partial charge on any atom is 0.409 e. The van der Waals surface area contributed by atoms with Gasteiger partial charge in [-0.2, -0.15) is 0 Å². The normalized spacial score (nSPS) is 19.8. The van der Waals surface area contributed by atoms with Crippen LogP contribution in [-0.4, -0.2) is 110 Å². The number of aliphatic hydroxyl groups is 1. The van der Waals surface area contributed by atoms with Crippen LogP contribution in [0.25, 0.3) is 9.69 Å². The Kier molecular flexibility index (Phi) is 13.9. The molecule has 0 spiro atoms. The van der Waals surface area contributed by atoms with Gasteiger partial charge in [-0.1, -0.05) is 12.1 Å². The zero-order valence-corrected chi connectivity index (χ0v) is 34.6. The van der Waals surface area contributed by atoms with Crippen LogP contribution in [0.3, 0.4) is 0 Å². The molecular weight excluding hydrogens is 760 g/mol. The van der Waals surface area contributed by atoms with Crippen LogP contribution in [0.15, 0.2) is 36.4 Å². The van der Waals surface area contributed by atoms with E-state index in [1.807, 2.05) is 64.6 Å². The number of rotatable bonds is 6. The maximum atomic E-state index is 13.3. The molecule has 4 saturated heterocycles. The second-order valence-electron chi connectivity index (χ2n) is 14.9. The van der Waals surface area contributed by atoms with Gasteiger partial charge in [0.05, 0.1) is 19.8 Å². The lowest BCUT2D eigenvalue weighted by Crippen LogP contribution is -2.54. The predicted molar refractivity (Wildman–Crippen MR) is 223 cm³/mol. The number of nitrogens with one attached hydrogen (secondary N) is 1. The van der Waals surface area contributed by atoms with Crippen molar-refractivity contribution in [1.29, 1.82) is 0 Å². The van der Waals surface area contributed by atoms with E-state index in [1.165, 1.54) is 0 Å². The van der Waals surface area contributed by atoms with Gasteiger partial charge in [-0.25, -0.2) is 14.5 Å².